The van der Waals surface area contributed by atoms with Gasteiger partial charge >= 0.3 is 17.9 Å². The van der Waals surface area contributed by atoms with Crippen molar-refractivity contribution in [3.05, 3.63) is 36.5 Å². The highest BCUT2D eigenvalue weighted by Gasteiger charge is 2.46. The zero-order valence-corrected chi connectivity index (χ0v) is 31.8. The lowest BCUT2D eigenvalue weighted by atomic mass is 9.65. The molecule has 3 aliphatic rings. The maximum Gasteiger partial charge on any atom is 0.311 e. The normalized spacial score (nSPS) is 29.7. The summed E-state index contributed by atoms with van der Waals surface area (Å²) in [4.78, 5) is 38.5. The molecule has 7 unspecified atom stereocenters. The quantitative estimate of drug-likeness (QED) is 0.0694. The van der Waals surface area contributed by atoms with Crippen LogP contribution in [0, 0.1) is 40.4 Å². The highest BCUT2D eigenvalue weighted by molar-refractivity contribution is 6.26. The van der Waals surface area contributed by atoms with Crippen molar-refractivity contribution in [2.24, 2.45) is 40.4 Å². The Morgan fingerprint density at radius 1 is 1.11 bits per heavy atom. The first kappa shape index (κ1) is 37.4. The summed E-state index contributed by atoms with van der Waals surface area (Å²) in [5, 5.41) is 0. The predicted octanol–water partition coefficient (Wildman–Crippen LogP) is 5.59. The number of cyclic esters (lactones) is 1. The van der Waals surface area contributed by atoms with Crippen LogP contribution in [-0.2, 0) is 37.4 Å². The van der Waals surface area contributed by atoms with Crippen molar-refractivity contribution in [2.45, 2.75) is 118 Å². The third kappa shape index (κ3) is 9.99. The Kier molecular flexibility index (Phi) is 13.9. The second-order valence-electron chi connectivity index (χ2n) is 14.5. The number of ether oxygens (including phenoxy) is 3. The molecular weight excluding hydrogens is 605 g/mol. The fourth-order valence-corrected chi connectivity index (χ4v) is 9.09. The number of hydrogen-bond donors (Lipinski definition) is 0. The van der Waals surface area contributed by atoms with Crippen molar-refractivity contribution in [1.82, 2.24) is 0 Å². The third-order valence-corrected chi connectivity index (χ3v) is 11.4. The van der Waals surface area contributed by atoms with Gasteiger partial charge in [0.2, 0.25) is 0 Å². The van der Waals surface area contributed by atoms with E-state index in [1.807, 2.05) is 13.8 Å². The maximum absolute atomic E-state index is 13.5. The molecule has 2 aliphatic carbocycles. The molecule has 1 heterocycles. The lowest BCUT2D eigenvalue weighted by Crippen LogP contribution is -2.46. The molecule has 0 aromatic carbocycles. The van der Waals surface area contributed by atoms with Gasteiger partial charge in [-0.15, -0.1) is 0 Å². The summed E-state index contributed by atoms with van der Waals surface area (Å²) in [6, 6.07) is 0. The molecule has 0 saturated carbocycles. The Balaban J connectivity index is 1.72. The molecule has 45 heavy (non-hydrogen) atoms. The topological polar surface area (TPSA) is 97.4 Å². The predicted molar refractivity (Wildman–Crippen MR) is 182 cm³/mol. The fraction of sp³-hybridized carbons (Fsp3) is 0.743. The number of carbonyl (C=O) groups excluding carboxylic acids is 3. The molecule has 0 spiro atoms. The van der Waals surface area contributed by atoms with Crippen LogP contribution >= 0.6 is 0 Å². The molecule has 7 atom stereocenters. The van der Waals surface area contributed by atoms with E-state index in [1.54, 1.807) is 0 Å². The summed E-state index contributed by atoms with van der Waals surface area (Å²) in [5.41, 5.74) is 0.117. The molecular formula is C35H58O8Si2. The zero-order valence-electron chi connectivity index (χ0n) is 29.0. The standard InChI is InChI=1S/C35H58O8Si2/c1-10-17-39-29(36)15-16-34(4,5)32(38)41-28-19-22(2)18-24-12-11-23(3)27(31(24)28)14-13-26-20-25(21-30(37)40-26)35(6,7)33(42-44-8)43-45-9/h10-12,18,22-23,25-28,31,33H,1,13-17,19-21,44-45H2,2-9H3. The van der Waals surface area contributed by atoms with Gasteiger partial charge in [-0.1, -0.05) is 71.7 Å². The van der Waals surface area contributed by atoms with Gasteiger partial charge in [-0.2, -0.15) is 0 Å². The van der Waals surface area contributed by atoms with Crippen molar-refractivity contribution < 1.29 is 37.4 Å². The first-order chi connectivity index (χ1) is 21.2. The molecule has 0 amide bonds. The molecule has 1 fully saturated rings. The highest BCUT2D eigenvalue weighted by Crippen LogP contribution is 2.47. The van der Waals surface area contributed by atoms with E-state index in [9.17, 15) is 14.4 Å². The molecule has 0 N–H and O–H groups in total. The number of fused-ring (bicyclic) bond motifs is 1. The molecule has 1 aliphatic heterocycles. The van der Waals surface area contributed by atoms with Crippen molar-refractivity contribution in [1.29, 1.82) is 0 Å². The van der Waals surface area contributed by atoms with E-state index < -0.39 is 24.9 Å². The second-order valence-corrected chi connectivity index (χ2v) is 16.3. The molecule has 0 aromatic heterocycles. The molecule has 254 valence electrons. The molecule has 0 radical (unpaired) electrons. The Morgan fingerprint density at radius 2 is 1.80 bits per heavy atom. The largest absolute Gasteiger partial charge is 0.462 e. The maximum atomic E-state index is 13.5. The summed E-state index contributed by atoms with van der Waals surface area (Å²) in [7, 11) is -1.32. The van der Waals surface area contributed by atoms with Crippen LogP contribution in [0.1, 0.15) is 86.5 Å². The van der Waals surface area contributed by atoms with Gasteiger partial charge < -0.3 is 23.1 Å². The average molecular weight is 663 g/mol. The van der Waals surface area contributed by atoms with Gasteiger partial charge in [-0.05, 0) is 75.2 Å². The average Bonchev–Trinajstić information content (AvgIpc) is 2.98. The van der Waals surface area contributed by atoms with Crippen LogP contribution in [0.2, 0.25) is 13.1 Å². The van der Waals surface area contributed by atoms with Crippen LogP contribution < -0.4 is 0 Å². The number of hydrogen-bond acceptors (Lipinski definition) is 8. The summed E-state index contributed by atoms with van der Waals surface area (Å²) in [6.07, 6.45) is 11.7. The minimum atomic E-state index is -0.826. The third-order valence-electron chi connectivity index (χ3n) is 10.1. The van der Waals surface area contributed by atoms with Crippen molar-refractivity contribution in [3.63, 3.8) is 0 Å². The zero-order chi connectivity index (χ0) is 33.4. The fourth-order valence-electron chi connectivity index (χ4n) is 7.24. The summed E-state index contributed by atoms with van der Waals surface area (Å²) in [5.74, 6) is 0.230. The Bertz CT molecular complexity index is 1090. The van der Waals surface area contributed by atoms with E-state index in [1.165, 1.54) is 11.6 Å². The second kappa shape index (κ2) is 16.7. The smallest absolute Gasteiger partial charge is 0.311 e. The first-order valence-electron chi connectivity index (χ1n) is 17.0. The van der Waals surface area contributed by atoms with E-state index in [2.05, 4.69) is 65.6 Å². The van der Waals surface area contributed by atoms with Crippen molar-refractivity contribution in [3.8, 4) is 0 Å². The Hall–Kier alpha value is -2.02. The van der Waals surface area contributed by atoms with E-state index in [4.69, 9.17) is 23.1 Å². The molecule has 0 bridgehead atoms. The van der Waals surface area contributed by atoms with Crippen LogP contribution in [0.15, 0.2) is 36.5 Å². The molecule has 3 rings (SSSR count). The van der Waals surface area contributed by atoms with Gasteiger partial charge in [0.05, 0.1) is 5.41 Å². The minimum absolute atomic E-state index is 0.0697. The lowest BCUT2D eigenvalue weighted by molar-refractivity contribution is -0.171. The number of rotatable bonds is 16. The molecule has 10 heteroatoms. The van der Waals surface area contributed by atoms with E-state index >= 15 is 0 Å². The summed E-state index contributed by atoms with van der Waals surface area (Å²) < 4.78 is 29.7. The van der Waals surface area contributed by atoms with Gasteiger partial charge in [0, 0.05) is 24.2 Å². The number of allylic oxidation sites excluding steroid dienone is 3. The van der Waals surface area contributed by atoms with Gasteiger partial charge in [-0.3, -0.25) is 14.4 Å². The van der Waals surface area contributed by atoms with Crippen LogP contribution in [0.25, 0.3) is 0 Å². The molecule has 0 aromatic rings. The lowest BCUT2D eigenvalue weighted by Gasteiger charge is -2.45. The van der Waals surface area contributed by atoms with Crippen molar-refractivity contribution in [2.75, 3.05) is 6.61 Å². The van der Waals surface area contributed by atoms with Crippen LogP contribution in [0.4, 0.5) is 0 Å². The minimum Gasteiger partial charge on any atom is -0.462 e. The molecule has 8 nitrogen and oxygen atoms in total. The van der Waals surface area contributed by atoms with Crippen LogP contribution in [0.5, 0.6) is 0 Å². The van der Waals surface area contributed by atoms with Gasteiger partial charge in [0.1, 0.15) is 25.1 Å². The van der Waals surface area contributed by atoms with Crippen LogP contribution in [0.3, 0.4) is 0 Å². The van der Waals surface area contributed by atoms with Crippen molar-refractivity contribution >= 4 is 37.4 Å². The van der Waals surface area contributed by atoms with Gasteiger partial charge in [0.15, 0.2) is 19.5 Å². The van der Waals surface area contributed by atoms with E-state index in [-0.39, 0.29) is 84.4 Å². The van der Waals surface area contributed by atoms with E-state index in [0.717, 1.165) is 25.7 Å². The Labute approximate surface area is 276 Å². The summed E-state index contributed by atoms with van der Waals surface area (Å²) in [6.45, 7) is 20.4. The Morgan fingerprint density at radius 3 is 2.44 bits per heavy atom. The number of carbonyl (C=O) groups is 3. The van der Waals surface area contributed by atoms with E-state index in [0.29, 0.717) is 12.8 Å². The SMILES string of the molecule is C=CCOC(=O)CCC(C)(C)C(=O)OC1CC(C)C=C2C=CC(C)C(CCC3CC(C(C)(C)C(O[SiH2]C)O[SiH2]C)CC(=O)O3)C21. The number of esters is 3. The van der Waals surface area contributed by atoms with Gasteiger partial charge in [-0.25, -0.2) is 0 Å². The highest BCUT2D eigenvalue weighted by atomic mass is 28.2. The first-order valence-corrected chi connectivity index (χ1v) is 21.0. The van der Waals surface area contributed by atoms with Crippen LogP contribution in [-0.4, -0.2) is 62.5 Å². The summed E-state index contributed by atoms with van der Waals surface area (Å²) >= 11 is 0. The molecule has 1 saturated heterocycles. The monoisotopic (exact) mass is 662 g/mol. The van der Waals surface area contributed by atoms with Gasteiger partial charge in [0.25, 0.3) is 0 Å².